The van der Waals surface area contributed by atoms with Gasteiger partial charge in [-0.05, 0) is 29.8 Å². The zero-order valence-electron chi connectivity index (χ0n) is 18.3. The number of aromatic nitrogens is 2. The van der Waals surface area contributed by atoms with Gasteiger partial charge in [0.1, 0.15) is 18.1 Å². The number of nitrogens with one attached hydrogen (secondary N) is 1. The summed E-state index contributed by atoms with van der Waals surface area (Å²) in [6.07, 6.45) is 0.843. The van der Waals surface area contributed by atoms with E-state index in [0.29, 0.717) is 45.7 Å². The second-order valence-electron chi connectivity index (χ2n) is 7.72. The Morgan fingerprint density at radius 3 is 2.59 bits per heavy atom. The molecule has 0 radical (unpaired) electrons. The van der Waals surface area contributed by atoms with E-state index < -0.39 is 0 Å². The van der Waals surface area contributed by atoms with Crippen LogP contribution in [0.1, 0.15) is 11.4 Å². The number of hydrogen-bond acceptors (Lipinski definition) is 5. The normalized spacial score (nSPS) is 13.8. The van der Waals surface area contributed by atoms with Crippen molar-refractivity contribution in [3.8, 4) is 5.75 Å². The number of methoxy groups -OCH3 is 1. The zero-order valence-corrected chi connectivity index (χ0v) is 18.3. The van der Waals surface area contributed by atoms with Crippen LogP contribution in [-0.4, -0.2) is 66.2 Å². The van der Waals surface area contributed by atoms with Crippen molar-refractivity contribution < 1.29 is 19.1 Å². The lowest BCUT2D eigenvalue weighted by atomic mass is 10.1. The summed E-state index contributed by atoms with van der Waals surface area (Å²) < 4.78 is 12.5. The Labute approximate surface area is 187 Å². The summed E-state index contributed by atoms with van der Waals surface area (Å²) in [5.41, 5.74) is 2.70. The summed E-state index contributed by atoms with van der Waals surface area (Å²) in [6.45, 7) is 3.05. The monoisotopic (exact) mass is 436 g/mol. The highest BCUT2D eigenvalue weighted by molar-refractivity contribution is 5.81. The lowest BCUT2D eigenvalue weighted by molar-refractivity contribution is -0.135. The number of nitrogens with zero attached hydrogens (tertiary/aromatic N) is 3. The zero-order chi connectivity index (χ0) is 22.3. The van der Waals surface area contributed by atoms with E-state index in [1.54, 1.807) is 7.11 Å². The van der Waals surface area contributed by atoms with Crippen molar-refractivity contribution in [1.82, 2.24) is 19.8 Å². The first kappa shape index (κ1) is 21.8. The maximum Gasteiger partial charge on any atom is 0.242 e. The lowest BCUT2D eigenvalue weighted by Gasteiger charge is -2.27. The molecule has 2 aromatic carbocycles. The highest BCUT2D eigenvalue weighted by atomic mass is 16.5. The van der Waals surface area contributed by atoms with Crippen LogP contribution >= 0.6 is 0 Å². The summed E-state index contributed by atoms with van der Waals surface area (Å²) in [4.78, 5) is 31.7. The molecule has 1 fully saturated rings. The molecule has 1 aromatic heterocycles. The number of imidazole rings is 1. The molecule has 168 valence electrons. The second kappa shape index (κ2) is 10.3. The van der Waals surface area contributed by atoms with Crippen LogP contribution in [0, 0.1) is 0 Å². The molecule has 0 aliphatic carbocycles. The van der Waals surface area contributed by atoms with E-state index in [1.165, 1.54) is 0 Å². The molecule has 2 heterocycles. The van der Waals surface area contributed by atoms with E-state index >= 15 is 0 Å². The Morgan fingerprint density at radius 2 is 1.84 bits per heavy atom. The van der Waals surface area contributed by atoms with Gasteiger partial charge in [-0.2, -0.15) is 0 Å². The molecule has 32 heavy (non-hydrogen) atoms. The van der Waals surface area contributed by atoms with Crippen molar-refractivity contribution in [3.63, 3.8) is 0 Å². The Balaban J connectivity index is 1.39. The van der Waals surface area contributed by atoms with Gasteiger partial charge in [0.05, 0.1) is 37.8 Å². The molecular formula is C24H28N4O4. The second-order valence-corrected chi connectivity index (χ2v) is 7.72. The van der Waals surface area contributed by atoms with Gasteiger partial charge in [0.2, 0.25) is 11.8 Å². The van der Waals surface area contributed by atoms with Gasteiger partial charge in [-0.15, -0.1) is 0 Å². The number of hydrogen-bond donors (Lipinski definition) is 1. The highest BCUT2D eigenvalue weighted by Gasteiger charge is 2.20. The van der Waals surface area contributed by atoms with Crippen LogP contribution in [0.25, 0.3) is 11.0 Å². The molecule has 1 N–H and O–H groups in total. The number of benzene rings is 2. The number of amides is 2. The predicted octanol–water partition coefficient (Wildman–Crippen LogP) is 1.81. The van der Waals surface area contributed by atoms with Gasteiger partial charge in [0.25, 0.3) is 0 Å². The van der Waals surface area contributed by atoms with Crippen molar-refractivity contribution in [2.45, 2.75) is 19.4 Å². The van der Waals surface area contributed by atoms with Crippen LogP contribution in [0.3, 0.4) is 0 Å². The standard InChI is InChI=1S/C24H28N4O4/c1-31-19-8-6-18(7-9-19)16-23(29)25-11-10-22-26-20-4-2-3-5-21(20)28(22)17-24(30)27-12-14-32-15-13-27/h2-9H,10-17H2,1H3,(H,25,29). The number of ether oxygens (including phenoxy) is 2. The molecule has 0 spiro atoms. The Hall–Kier alpha value is -3.39. The average Bonchev–Trinajstić information content (AvgIpc) is 3.17. The lowest BCUT2D eigenvalue weighted by Crippen LogP contribution is -2.42. The molecule has 1 saturated heterocycles. The number of fused-ring (bicyclic) bond motifs is 1. The maximum atomic E-state index is 12.8. The smallest absolute Gasteiger partial charge is 0.242 e. The number of carbonyl (C=O) groups excluding carboxylic acids is 2. The molecular weight excluding hydrogens is 408 g/mol. The Bertz CT molecular complexity index is 1070. The minimum absolute atomic E-state index is 0.0535. The molecule has 0 bridgehead atoms. The molecule has 0 saturated carbocycles. The molecule has 3 aromatic rings. The van der Waals surface area contributed by atoms with Crippen molar-refractivity contribution >= 4 is 22.8 Å². The van der Waals surface area contributed by atoms with E-state index in [9.17, 15) is 9.59 Å². The van der Waals surface area contributed by atoms with Crippen molar-refractivity contribution in [3.05, 3.63) is 59.9 Å². The first-order valence-electron chi connectivity index (χ1n) is 10.8. The highest BCUT2D eigenvalue weighted by Crippen LogP contribution is 2.17. The topological polar surface area (TPSA) is 85.7 Å². The summed E-state index contributed by atoms with van der Waals surface area (Å²) in [5, 5.41) is 2.96. The summed E-state index contributed by atoms with van der Waals surface area (Å²) in [7, 11) is 1.61. The number of rotatable bonds is 8. The Morgan fingerprint density at radius 1 is 1.09 bits per heavy atom. The fourth-order valence-corrected chi connectivity index (χ4v) is 3.85. The molecule has 4 rings (SSSR count). The minimum atomic E-state index is -0.0535. The Kier molecular flexibility index (Phi) is 7.01. The third-order valence-electron chi connectivity index (χ3n) is 5.59. The van der Waals surface area contributed by atoms with Gasteiger partial charge in [-0.3, -0.25) is 9.59 Å². The summed E-state index contributed by atoms with van der Waals surface area (Å²) in [6, 6.07) is 15.2. The van der Waals surface area contributed by atoms with Crippen molar-refractivity contribution in [2.75, 3.05) is 40.0 Å². The first-order valence-corrected chi connectivity index (χ1v) is 10.8. The summed E-state index contributed by atoms with van der Waals surface area (Å²) in [5.74, 6) is 1.56. The van der Waals surface area contributed by atoms with Gasteiger partial charge in [-0.1, -0.05) is 24.3 Å². The average molecular weight is 437 g/mol. The first-order chi connectivity index (χ1) is 15.6. The SMILES string of the molecule is COc1ccc(CC(=O)NCCc2nc3ccccc3n2CC(=O)N2CCOCC2)cc1. The number of carbonyl (C=O) groups is 2. The number of para-hydroxylation sites is 2. The summed E-state index contributed by atoms with van der Waals surface area (Å²) >= 11 is 0. The molecule has 0 atom stereocenters. The van der Waals surface area contributed by atoms with Gasteiger partial charge in [0.15, 0.2) is 0 Å². The van der Waals surface area contributed by atoms with Crippen LogP contribution in [0.2, 0.25) is 0 Å². The quantitative estimate of drug-likeness (QED) is 0.582. The molecule has 0 unspecified atom stereocenters. The largest absolute Gasteiger partial charge is 0.497 e. The molecule has 8 heteroatoms. The van der Waals surface area contributed by atoms with Crippen LogP contribution in [0.15, 0.2) is 48.5 Å². The van der Waals surface area contributed by atoms with Gasteiger partial charge < -0.3 is 24.3 Å². The van der Waals surface area contributed by atoms with Gasteiger partial charge >= 0.3 is 0 Å². The maximum absolute atomic E-state index is 12.8. The number of morpholine rings is 1. The fraction of sp³-hybridized carbons (Fsp3) is 0.375. The molecule has 8 nitrogen and oxygen atoms in total. The molecule has 1 aliphatic rings. The van der Waals surface area contributed by atoms with E-state index in [2.05, 4.69) is 5.32 Å². The van der Waals surface area contributed by atoms with E-state index in [4.69, 9.17) is 14.5 Å². The third-order valence-corrected chi connectivity index (χ3v) is 5.59. The fourth-order valence-electron chi connectivity index (χ4n) is 3.85. The van der Waals surface area contributed by atoms with E-state index in [-0.39, 0.29) is 18.4 Å². The molecule has 1 aliphatic heterocycles. The molecule has 2 amide bonds. The third kappa shape index (κ3) is 5.26. The van der Waals surface area contributed by atoms with Gasteiger partial charge in [-0.25, -0.2) is 4.98 Å². The predicted molar refractivity (Wildman–Crippen MR) is 121 cm³/mol. The van der Waals surface area contributed by atoms with Crippen LogP contribution in [0.4, 0.5) is 0 Å². The van der Waals surface area contributed by atoms with Crippen LogP contribution < -0.4 is 10.1 Å². The van der Waals surface area contributed by atoms with Crippen molar-refractivity contribution in [1.29, 1.82) is 0 Å². The van der Waals surface area contributed by atoms with E-state index in [1.807, 2.05) is 58.0 Å². The van der Waals surface area contributed by atoms with Crippen LogP contribution in [-0.2, 0) is 33.7 Å². The van der Waals surface area contributed by atoms with Crippen molar-refractivity contribution in [2.24, 2.45) is 0 Å². The van der Waals surface area contributed by atoms with Crippen LogP contribution in [0.5, 0.6) is 5.75 Å². The van der Waals surface area contributed by atoms with E-state index in [0.717, 1.165) is 28.2 Å². The minimum Gasteiger partial charge on any atom is -0.497 e. The van der Waals surface area contributed by atoms with Gasteiger partial charge in [0, 0.05) is 26.1 Å².